The minimum Gasteiger partial charge on any atom is -0.432 e. The molecule has 1 saturated carbocycles. The molecule has 202 valence electrons. The second-order valence-corrected chi connectivity index (χ2v) is 11.9. The van der Waals surface area contributed by atoms with Gasteiger partial charge in [-0.2, -0.15) is 0 Å². The first kappa shape index (κ1) is 27.6. The molecule has 0 atom stereocenters. The van der Waals surface area contributed by atoms with Crippen molar-refractivity contribution in [2.24, 2.45) is 5.92 Å². The van der Waals surface area contributed by atoms with Gasteiger partial charge >= 0.3 is 5.91 Å². The van der Waals surface area contributed by atoms with Crippen LogP contribution in [0.3, 0.4) is 0 Å². The zero-order valence-corrected chi connectivity index (χ0v) is 23.2. The average molecular weight is 518 g/mol. The highest BCUT2D eigenvalue weighted by molar-refractivity contribution is 6.08. The average Bonchev–Trinajstić information content (AvgIpc) is 3.33. The van der Waals surface area contributed by atoms with Crippen LogP contribution in [0.1, 0.15) is 99.8 Å². The zero-order chi connectivity index (χ0) is 27.5. The standard InChI is InChI=1S/C31H39N3O4/c1-21(2)17-20-34(28(36)27-32-24-11-7-8-12-25(24)38-27)29(37)31(18-9-6-10-19-31)33-26(35)22-13-15-23(16-14-22)30(3,4)5/h7-8,11-16,21H,6,9-10,17-20H2,1-5H3,(H,33,35). The van der Waals surface area contributed by atoms with E-state index in [0.717, 1.165) is 24.8 Å². The molecule has 1 aliphatic carbocycles. The van der Waals surface area contributed by atoms with E-state index in [4.69, 9.17) is 4.42 Å². The Morgan fingerprint density at radius 2 is 1.66 bits per heavy atom. The summed E-state index contributed by atoms with van der Waals surface area (Å²) in [4.78, 5) is 46.9. The summed E-state index contributed by atoms with van der Waals surface area (Å²) in [6.07, 6.45) is 4.17. The Hall–Kier alpha value is -3.48. The first-order valence-corrected chi connectivity index (χ1v) is 13.7. The molecular formula is C31H39N3O4. The van der Waals surface area contributed by atoms with Crippen molar-refractivity contribution in [1.29, 1.82) is 0 Å². The lowest BCUT2D eigenvalue weighted by Gasteiger charge is -2.39. The number of hydrogen-bond acceptors (Lipinski definition) is 5. The Morgan fingerprint density at radius 1 is 1.00 bits per heavy atom. The van der Waals surface area contributed by atoms with Gasteiger partial charge in [-0.3, -0.25) is 19.3 Å². The molecule has 0 spiro atoms. The summed E-state index contributed by atoms with van der Waals surface area (Å²) in [6, 6.07) is 14.7. The summed E-state index contributed by atoms with van der Waals surface area (Å²) in [5, 5.41) is 3.07. The number of nitrogens with one attached hydrogen (secondary N) is 1. The second kappa shape index (κ2) is 11.1. The molecule has 1 aliphatic rings. The molecule has 0 aliphatic heterocycles. The quantitative estimate of drug-likeness (QED) is 0.373. The highest BCUT2D eigenvalue weighted by Crippen LogP contribution is 2.32. The van der Waals surface area contributed by atoms with Crippen LogP contribution in [-0.2, 0) is 10.2 Å². The van der Waals surface area contributed by atoms with Crippen LogP contribution in [0.4, 0.5) is 0 Å². The van der Waals surface area contributed by atoms with Crippen LogP contribution in [0.5, 0.6) is 0 Å². The minimum atomic E-state index is -1.16. The topological polar surface area (TPSA) is 92.5 Å². The van der Waals surface area contributed by atoms with Gasteiger partial charge in [-0.15, -0.1) is 0 Å². The number of benzene rings is 2. The number of rotatable bonds is 7. The fourth-order valence-corrected chi connectivity index (χ4v) is 4.98. The summed E-state index contributed by atoms with van der Waals surface area (Å²) in [5.41, 5.74) is 1.49. The Balaban J connectivity index is 1.64. The fourth-order valence-electron chi connectivity index (χ4n) is 4.98. The minimum absolute atomic E-state index is 0.0302. The summed E-state index contributed by atoms with van der Waals surface area (Å²) >= 11 is 0. The Labute approximate surface area is 225 Å². The smallest absolute Gasteiger partial charge is 0.316 e. The lowest BCUT2D eigenvalue weighted by Crippen LogP contribution is -2.61. The van der Waals surface area contributed by atoms with Crippen molar-refractivity contribution in [3.8, 4) is 0 Å². The van der Waals surface area contributed by atoms with E-state index < -0.39 is 11.4 Å². The molecule has 4 rings (SSSR count). The van der Waals surface area contributed by atoms with Crippen LogP contribution in [-0.4, -0.2) is 39.7 Å². The van der Waals surface area contributed by atoms with E-state index in [1.54, 1.807) is 24.3 Å². The van der Waals surface area contributed by atoms with E-state index in [2.05, 4.69) is 31.1 Å². The first-order valence-electron chi connectivity index (χ1n) is 13.7. The maximum atomic E-state index is 14.2. The Bertz CT molecular complexity index is 1260. The Morgan fingerprint density at radius 3 is 2.26 bits per heavy atom. The normalized spacial score (nSPS) is 15.4. The Kier molecular flexibility index (Phi) is 8.05. The van der Waals surface area contributed by atoms with Gasteiger partial charge in [0.25, 0.3) is 17.7 Å². The van der Waals surface area contributed by atoms with E-state index in [9.17, 15) is 14.4 Å². The maximum absolute atomic E-state index is 14.2. The summed E-state index contributed by atoms with van der Waals surface area (Å²) in [6.45, 7) is 10.7. The van der Waals surface area contributed by atoms with Gasteiger partial charge in [-0.1, -0.05) is 78.1 Å². The van der Waals surface area contributed by atoms with Crippen LogP contribution in [0.15, 0.2) is 52.9 Å². The van der Waals surface area contributed by atoms with Gasteiger partial charge in [0.05, 0.1) is 0 Å². The van der Waals surface area contributed by atoms with Crippen molar-refractivity contribution in [1.82, 2.24) is 15.2 Å². The van der Waals surface area contributed by atoms with E-state index in [1.165, 1.54) is 4.90 Å². The molecule has 1 N–H and O–H groups in total. The van der Waals surface area contributed by atoms with Crippen LogP contribution < -0.4 is 5.32 Å². The molecule has 0 radical (unpaired) electrons. The van der Waals surface area contributed by atoms with Crippen molar-refractivity contribution in [3.63, 3.8) is 0 Å². The summed E-state index contributed by atoms with van der Waals surface area (Å²) in [7, 11) is 0. The fraction of sp³-hybridized carbons (Fsp3) is 0.484. The van der Waals surface area contributed by atoms with E-state index >= 15 is 0 Å². The summed E-state index contributed by atoms with van der Waals surface area (Å²) < 4.78 is 5.74. The van der Waals surface area contributed by atoms with Crippen LogP contribution in [0, 0.1) is 5.92 Å². The zero-order valence-electron chi connectivity index (χ0n) is 23.2. The van der Waals surface area contributed by atoms with Crippen LogP contribution >= 0.6 is 0 Å². The van der Waals surface area contributed by atoms with Gasteiger partial charge in [-0.25, -0.2) is 4.98 Å². The third-order valence-corrected chi connectivity index (χ3v) is 7.38. The van der Waals surface area contributed by atoms with Crippen LogP contribution in [0.25, 0.3) is 11.1 Å². The molecule has 2 aromatic carbocycles. The van der Waals surface area contributed by atoms with Crippen molar-refractivity contribution in [2.45, 2.75) is 84.1 Å². The number of aromatic nitrogens is 1. The summed E-state index contributed by atoms with van der Waals surface area (Å²) in [5.74, 6) is -1.09. The molecule has 0 saturated heterocycles. The number of carbonyl (C=O) groups is 3. The molecule has 0 bridgehead atoms. The number of oxazole rings is 1. The largest absolute Gasteiger partial charge is 0.432 e. The predicted octanol–water partition coefficient (Wildman–Crippen LogP) is 6.27. The van der Waals surface area contributed by atoms with Crippen LogP contribution in [0.2, 0.25) is 0 Å². The number of para-hydroxylation sites is 2. The molecule has 0 unspecified atom stereocenters. The number of hydrogen-bond donors (Lipinski definition) is 1. The molecule has 1 aromatic heterocycles. The van der Waals surface area contributed by atoms with Gasteiger partial charge in [0, 0.05) is 12.1 Å². The molecular weight excluding hydrogens is 478 g/mol. The predicted molar refractivity (Wildman–Crippen MR) is 148 cm³/mol. The van der Waals surface area contributed by atoms with Gasteiger partial charge in [0.1, 0.15) is 11.1 Å². The van der Waals surface area contributed by atoms with E-state index in [-0.39, 0.29) is 35.6 Å². The molecule has 3 amide bonds. The maximum Gasteiger partial charge on any atom is 0.316 e. The molecule has 38 heavy (non-hydrogen) atoms. The number of fused-ring (bicyclic) bond motifs is 1. The van der Waals surface area contributed by atoms with E-state index in [1.807, 2.05) is 38.1 Å². The first-order chi connectivity index (χ1) is 18.0. The SMILES string of the molecule is CC(C)CCN(C(=O)c1nc2ccccc2o1)C(=O)C1(NC(=O)c2ccc(C(C)(C)C)cc2)CCCCC1. The van der Waals surface area contributed by atoms with Crippen molar-refractivity contribution >= 4 is 28.8 Å². The third-order valence-electron chi connectivity index (χ3n) is 7.38. The second-order valence-electron chi connectivity index (χ2n) is 11.9. The van der Waals surface area contributed by atoms with Gasteiger partial charge in [0.15, 0.2) is 5.58 Å². The lowest BCUT2D eigenvalue weighted by atomic mass is 9.80. The van der Waals surface area contributed by atoms with Crippen molar-refractivity contribution in [2.75, 3.05) is 6.54 Å². The molecule has 7 heteroatoms. The molecule has 1 fully saturated rings. The number of imide groups is 1. The third kappa shape index (κ3) is 5.98. The lowest BCUT2D eigenvalue weighted by molar-refractivity contribution is -0.137. The molecule has 1 heterocycles. The van der Waals surface area contributed by atoms with Gasteiger partial charge in [0.2, 0.25) is 0 Å². The number of nitrogens with zero attached hydrogens (tertiary/aromatic N) is 2. The van der Waals surface area contributed by atoms with Gasteiger partial charge < -0.3 is 9.73 Å². The highest BCUT2D eigenvalue weighted by Gasteiger charge is 2.46. The number of carbonyl (C=O) groups excluding carboxylic acids is 3. The molecule has 3 aromatic rings. The van der Waals surface area contributed by atoms with Gasteiger partial charge in [-0.05, 0) is 60.4 Å². The van der Waals surface area contributed by atoms with Crippen molar-refractivity contribution < 1.29 is 18.8 Å². The van der Waals surface area contributed by atoms with Crippen molar-refractivity contribution in [3.05, 3.63) is 65.5 Å². The highest BCUT2D eigenvalue weighted by atomic mass is 16.4. The molecule has 7 nitrogen and oxygen atoms in total. The monoisotopic (exact) mass is 517 g/mol. The number of amides is 3. The van der Waals surface area contributed by atoms with E-state index in [0.29, 0.717) is 35.9 Å².